The van der Waals surface area contributed by atoms with E-state index in [4.69, 9.17) is 9.15 Å². The van der Waals surface area contributed by atoms with Crippen LogP contribution in [0.1, 0.15) is 20.7 Å². The van der Waals surface area contributed by atoms with Crippen molar-refractivity contribution in [1.82, 2.24) is 4.90 Å². The van der Waals surface area contributed by atoms with Crippen LogP contribution in [-0.2, 0) is 4.74 Å². The van der Waals surface area contributed by atoms with Crippen LogP contribution in [0.25, 0.3) is 22.1 Å². The van der Waals surface area contributed by atoms with Gasteiger partial charge in [0.25, 0.3) is 5.91 Å². The first-order chi connectivity index (χ1) is 17.9. The van der Waals surface area contributed by atoms with Crippen molar-refractivity contribution in [3.05, 3.63) is 94.3 Å². The molecule has 0 atom stereocenters. The van der Waals surface area contributed by atoms with E-state index in [0.29, 0.717) is 33.5 Å². The van der Waals surface area contributed by atoms with Crippen LogP contribution in [0.4, 0.5) is 11.4 Å². The zero-order chi connectivity index (χ0) is 25.9. The zero-order valence-electron chi connectivity index (χ0n) is 20.7. The molecular formula is C29H27N3O5. The minimum atomic E-state index is -0.481. The number of benzene rings is 3. The number of nitrogens with one attached hydrogen (secondary N) is 1. The van der Waals surface area contributed by atoms with E-state index >= 15 is 0 Å². The molecule has 1 N–H and O–H groups in total. The van der Waals surface area contributed by atoms with E-state index < -0.39 is 11.6 Å². The van der Waals surface area contributed by atoms with Crippen molar-refractivity contribution < 1.29 is 18.7 Å². The molecule has 1 saturated heterocycles. The Morgan fingerprint density at radius 1 is 0.892 bits per heavy atom. The third-order valence-corrected chi connectivity index (χ3v) is 6.59. The van der Waals surface area contributed by atoms with Crippen molar-refractivity contribution in [2.45, 2.75) is 0 Å². The molecule has 1 fully saturated rings. The molecule has 0 bridgehead atoms. The molecule has 8 heteroatoms. The molecule has 4 aromatic rings. The Morgan fingerprint density at radius 3 is 2.46 bits per heavy atom. The second-order valence-electron chi connectivity index (χ2n) is 9.03. The molecule has 0 spiro atoms. The van der Waals surface area contributed by atoms with Gasteiger partial charge in [0.15, 0.2) is 0 Å². The number of rotatable bonds is 5. The summed E-state index contributed by atoms with van der Waals surface area (Å²) in [7, 11) is 3.40. The number of carbonyl (C=O) groups is 2. The Balaban J connectivity index is 1.47. The number of amides is 1. The molecule has 1 aliphatic rings. The molecule has 0 radical (unpaired) electrons. The number of hydrogen-bond donors (Lipinski definition) is 1. The van der Waals surface area contributed by atoms with Gasteiger partial charge in [0.05, 0.1) is 29.6 Å². The molecule has 188 valence electrons. The number of para-hydroxylation sites is 1. The summed E-state index contributed by atoms with van der Waals surface area (Å²) in [5, 5.41) is 3.77. The van der Waals surface area contributed by atoms with Crippen LogP contribution in [0.5, 0.6) is 0 Å². The highest BCUT2D eigenvalue weighted by molar-refractivity contribution is 6.07. The van der Waals surface area contributed by atoms with Gasteiger partial charge in [-0.25, -0.2) is 9.59 Å². The fraction of sp³-hybridized carbons (Fsp3) is 0.207. The van der Waals surface area contributed by atoms with Crippen LogP contribution in [0.3, 0.4) is 0 Å². The summed E-state index contributed by atoms with van der Waals surface area (Å²) in [4.78, 5) is 42.7. The number of piperazine rings is 1. The average Bonchev–Trinajstić information content (AvgIpc) is 2.92. The third kappa shape index (κ3) is 5.10. The highest BCUT2D eigenvalue weighted by Crippen LogP contribution is 2.30. The summed E-state index contributed by atoms with van der Waals surface area (Å²) in [6.07, 6.45) is 0. The second kappa shape index (κ2) is 10.3. The highest BCUT2D eigenvalue weighted by atomic mass is 16.5. The number of nitrogens with zero attached hydrogens (tertiary/aromatic N) is 2. The lowest BCUT2D eigenvalue weighted by Crippen LogP contribution is -2.44. The maximum atomic E-state index is 13.4. The normalized spacial score (nSPS) is 13.9. The predicted octanol–water partition coefficient (Wildman–Crippen LogP) is 4.25. The van der Waals surface area contributed by atoms with Gasteiger partial charge in [-0.05, 0) is 55.1 Å². The van der Waals surface area contributed by atoms with Gasteiger partial charge in [-0.3, -0.25) is 4.79 Å². The number of ether oxygens (including phenoxy) is 1. The number of carbonyl (C=O) groups excluding carboxylic acids is 2. The van der Waals surface area contributed by atoms with Crippen LogP contribution in [0.15, 0.2) is 82.0 Å². The maximum Gasteiger partial charge on any atom is 0.344 e. The molecule has 5 rings (SSSR count). The summed E-state index contributed by atoms with van der Waals surface area (Å²) in [5.41, 5.74) is 3.06. The number of esters is 1. The average molecular weight is 498 g/mol. The van der Waals surface area contributed by atoms with Crippen molar-refractivity contribution in [2.24, 2.45) is 0 Å². The number of hydrogen-bond acceptors (Lipinski definition) is 7. The van der Waals surface area contributed by atoms with Gasteiger partial charge < -0.3 is 24.3 Å². The topological polar surface area (TPSA) is 92.1 Å². The van der Waals surface area contributed by atoms with Crippen LogP contribution in [0, 0.1) is 0 Å². The largest absolute Gasteiger partial charge is 0.465 e. The van der Waals surface area contributed by atoms with E-state index in [1.807, 2.05) is 24.3 Å². The minimum Gasteiger partial charge on any atom is -0.465 e. The van der Waals surface area contributed by atoms with Crippen molar-refractivity contribution in [3.8, 4) is 11.1 Å². The lowest BCUT2D eigenvalue weighted by molar-refractivity contribution is 0.0600. The van der Waals surface area contributed by atoms with Crippen LogP contribution < -0.4 is 15.8 Å². The fourth-order valence-electron chi connectivity index (χ4n) is 4.49. The van der Waals surface area contributed by atoms with Gasteiger partial charge in [0, 0.05) is 37.1 Å². The smallest absolute Gasteiger partial charge is 0.344 e. The Bertz CT molecular complexity index is 1540. The van der Waals surface area contributed by atoms with E-state index in [1.54, 1.807) is 48.5 Å². The standard InChI is InChI=1S/C29H27N3O5/c1-31-12-14-32(15-13-31)25-11-10-22(28(34)36-2)18-24(25)30-27(33)21-8-5-7-19(16-21)23-17-20-6-3-4-9-26(20)37-29(23)35/h3-11,16-18H,12-15H2,1-2H3,(H,30,33). The number of likely N-dealkylation sites (N-methyl/N-ethyl adjacent to an activating group) is 1. The maximum absolute atomic E-state index is 13.4. The molecule has 0 aliphatic carbocycles. The summed E-state index contributed by atoms with van der Waals surface area (Å²) in [6.45, 7) is 3.37. The molecule has 0 unspecified atom stereocenters. The quantitative estimate of drug-likeness (QED) is 0.326. The Hall–Kier alpha value is -4.43. The van der Waals surface area contributed by atoms with Gasteiger partial charge in [-0.2, -0.15) is 0 Å². The molecule has 1 aliphatic heterocycles. The van der Waals surface area contributed by atoms with Crippen LogP contribution in [0.2, 0.25) is 0 Å². The Kier molecular flexibility index (Phi) is 6.74. The summed E-state index contributed by atoms with van der Waals surface area (Å²) in [5.74, 6) is -0.838. The first-order valence-corrected chi connectivity index (χ1v) is 12.0. The molecular weight excluding hydrogens is 470 g/mol. The fourth-order valence-corrected chi connectivity index (χ4v) is 4.49. The molecule has 2 heterocycles. The molecule has 3 aromatic carbocycles. The van der Waals surface area contributed by atoms with Crippen molar-refractivity contribution in [3.63, 3.8) is 0 Å². The third-order valence-electron chi connectivity index (χ3n) is 6.59. The van der Waals surface area contributed by atoms with Crippen LogP contribution >= 0.6 is 0 Å². The van der Waals surface area contributed by atoms with Crippen molar-refractivity contribution >= 4 is 34.2 Å². The molecule has 1 amide bonds. The lowest BCUT2D eigenvalue weighted by Gasteiger charge is -2.35. The zero-order valence-corrected chi connectivity index (χ0v) is 20.7. The van der Waals surface area contributed by atoms with Gasteiger partial charge >= 0.3 is 11.6 Å². The van der Waals surface area contributed by atoms with E-state index in [-0.39, 0.29) is 5.91 Å². The number of anilines is 2. The minimum absolute atomic E-state index is 0.346. The molecule has 37 heavy (non-hydrogen) atoms. The predicted molar refractivity (Wildman–Crippen MR) is 143 cm³/mol. The molecule has 0 saturated carbocycles. The summed E-state index contributed by atoms with van der Waals surface area (Å²) >= 11 is 0. The summed E-state index contributed by atoms with van der Waals surface area (Å²) < 4.78 is 10.3. The van der Waals surface area contributed by atoms with Gasteiger partial charge in [0.1, 0.15) is 5.58 Å². The second-order valence-corrected chi connectivity index (χ2v) is 9.03. The first-order valence-electron chi connectivity index (χ1n) is 12.0. The van der Waals surface area contributed by atoms with E-state index in [1.165, 1.54) is 7.11 Å². The van der Waals surface area contributed by atoms with Crippen molar-refractivity contribution in [1.29, 1.82) is 0 Å². The SMILES string of the molecule is COC(=O)c1ccc(N2CCN(C)CC2)c(NC(=O)c2cccc(-c3cc4ccccc4oc3=O)c2)c1. The summed E-state index contributed by atoms with van der Waals surface area (Å²) in [6, 6.07) is 21.1. The highest BCUT2D eigenvalue weighted by Gasteiger charge is 2.21. The first kappa shape index (κ1) is 24.3. The van der Waals surface area contributed by atoms with Crippen LogP contribution in [-0.4, -0.2) is 57.1 Å². The molecule has 8 nitrogen and oxygen atoms in total. The lowest BCUT2D eigenvalue weighted by atomic mass is 10.0. The van der Waals surface area contributed by atoms with Crippen molar-refractivity contribution in [2.75, 3.05) is 50.6 Å². The number of methoxy groups -OCH3 is 1. The van der Waals surface area contributed by atoms with E-state index in [9.17, 15) is 14.4 Å². The number of fused-ring (bicyclic) bond motifs is 1. The van der Waals surface area contributed by atoms with E-state index in [2.05, 4.69) is 22.2 Å². The van der Waals surface area contributed by atoms with E-state index in [0.717, 1.165) is 37.3 Å². The molecule has 1 aromatic heterocycles. The van der Waals surface area contributed by atoms with Gasteiger partial charge in [-0.1, -0.05) is 30.3 Å². The van der Waals surface area contributed by atoms with Gasteiger partial charge in [-0.15, -0.1) is 0 Å². The monoisotopic (exact) mass is 497 g/mol. The Labute approximate surface area is 214 Å². The van der Waals surface area contributed by atoms with Gasteiger partial charge in [0.2, 0.25) is 0 Å². The Morgan fingerprint density at radius 2 is 1.68 bits per heavy atom.